The summed E-state index contributed by atoms with van der Waals surface area (Å²) in [6, 6.07) is 19.4. The number of aliphatic imine (C=N–C) groups is 1. The Hall–Kier alpha value is -1.64. The molecule has 1 aliphatic rings. The number of halogens is 1. The first kappa shape index (κ1) is 24.6. The van der Waals surface area contributed by atoms with E-state index in [9.17, 15) is 0 Å². The van der Waals surface area contributed by atoms with Crippen LogP contribution in [0.2, 0.25) is 0 Å². The van der Waals surface area contributed by atoms with Crippen LogP contribution in [0, 0.1) is 0 Å². The summed E-state index contributed by atoms with van der Waals surface area (Å²) in [6.45, 7) is 11.4. The highest BCUT2D eigenvalue weighted by Crippen LogP contribution is 2.13. The van der Waals surface area contributed by atoms with Crippen LogP contribution in [0.25, 0.3) is 0 Å². The molecule has 1 heterocycles. The van der Waals surface area contributed by atoms with Crippen molar-refractivity contribution in [1.29, 1.82) is 0 Å². The fourth-order valence-corrected chi connectivity index (χ4v) is 3.43. The predicted octanol–water partition coefficient (Wildman–Crippen LogP) is 4.00. The van der Waals surface area contributed by atoms with Gasteiger partial charge in [-0.15, -0.1) is 24.0 Å². The van der Waals surface area contributed by atoms with Crippen molar-refractivity contribution in [3.05, 3.63) is 71.3 Å². The number of rotatable bonds is 8. The molecule has 0 radical (unpaired) electrons. The molecule has 0 saturated carbocycles. The minimum absolute atomic E-state index is 0. The molecule has 1 atom stereocenters. The molecule has 0 amide bonds. The Morgan fingerprint density at radius 3 is 2.33 bits per heavy atom. The van der Waals surface area contributed by atoms with E-state index in [0.29, 0.717) is 12.5 Å². The van der Waals surface area contributed by atoms with Crippen LogP contribution in [0.3, 0.4) is 0 Å². The number of hydrogen-bond acceptors (Lipinski definition) is 3. The zero-order chi connectivity index (χ0) is 20.3. The standard InChI is InChI=1S/C24H34N4O.HI/c1-3-25-24(26-17-20(2)23-7-5-4-6-8-23)27-18-21-9-11-22(12-10-21)19-28-13-15-29-16-14-28;/h4-12,20H,3,13-19H2,1-2H3,(H2,25,26,27);1H. The lowest BCUT2D eigenvalue weighted by Crippen LogP contribution is -2.39. The highest BCUT2D eigenvalue weighted by molar-refractivity contribution is 14.0. The topological polar surface area (TPSA) is 48.9 Å². The monoisotopic (exact) mass is 522 g/mol. The Morgan fingerprint density at radius 2 is 1.67 bits per heavy atom. The van der Waals surface area contributed by atoms with Crippen LogP contribution in [0.5, 0.6) is 0 Å². The van der Waals surface area contributed by atoms with Crippen molar-refractivity contribution in [3.8, 4) is 0 Å². The summed E-state index contributed by atoms with van der Waals surface area (Å²) in [5.41, 5.74) is 3.91. The Bertz CT molecular complexity index is 746. The van der Waals surface area contributed by atoms with E-state index in [1.54, 1.807) is 0 Å². The lowest BCUT2D eigenvalue weighted by atomic mass is 10.0. The van der Waals surface area contributed by atoms with Crippen molar-refractivity contribution >= 4 is 29.9 Å². The molecule has 30 heavy (non-hydrogen) atoms. The molecule has 0 bridgehead atoms. The maximum Gasteiger partial charge on any atom is 0.191 e. The SMILES string of the molecule is CCNC(=NCc1ccc(CN2CCOCC2)cc1)NCC(C)c1ccccc1.I. The van der Waals surface area contributed by atoms with Gasteiger partial charge in [0.1, 0.15) is 0 Å². The van der Waals surface area contributed by atoms with Gasteiger partial charge in [-0.25, -0.2) is 4.99 Å². The molecule has 1 unspecified atom stereocenters. The second kappa shape index (κ2) is 13.6. The predicted molar refractivity (Wildman–Crippen MR) is 136 cm³/mol. The van der Waals surface area contributed by atoms with E-state index in [0.717, 1.165) is 51.9 Å². The molecule has 1 saturated heterocycles. The molecule has 164 valence electrons. The minimum atomic E-state index is 0. The number of hydrogen-bond donors (Lipinski definition) is 2. The summed E-state index contributed by atoms with van der Waals surface area (Å²) in [5, 5.41) is 6.82. The number of nitrogens with zero attached hydrogens (tertiary/aromatic N) is 2. The van der Waals surface area contributed by atoms with Gasteiger partial charge in [-0.2, -0.15) is 0 Å². The molecular weight excluding hydrogens is 487 g/mol. The van der Waals surface area contributed by atoms with Crippen LogP contribution < -0.4 is 10.6 Å². The molecule has 2 N–H and O–H groups in total. The first-order valence-corrected chi connectivity index (χ1v) is 10.7. The van der Waals surface area contributed by atoms with E-state index >= 15 is 0 Å². The molecule has 0 aliphatic carbocycles. The summed E-state index contributed by atoms with van der Waals surface area (Å²) >= 11 is 0. The smallest absolute Gasteiger partial charge is 0.191 e. The maximum atomic E-state index is 5.42. The number of guanidine groups is 1. The third kappa shape index (κ3) is 8.24. The average molecular weight is 522 g/mol. The molecule has 6 heteroatoms. The van der Waals surface area contributed by atoms with Crippen molar-refractivity contribution in [2.75, 3.05) is 39.4 Å². The van der Waals surface area contributed by atoms with Gasteiger partial charge in [-0.3, -0.25) is 4.90 Å². The number of morpholine rings is 1. The number of nitrogens with one attached hydrogen (secondary N) is 2. The van der Waals surface area contributed by atoms with E-state index < -0.39 is 0 Å². The largest absolute Gasteiger partial charge is 0.379 e. The van der Waals surface area contributed by atoms with Gasteiger partial charge in [0.25, 0.3) is 0 Å². The van der Waals surface area contributed by atoms with Crippen LogP contribution >= 0.6 is 24.0 Å². The molecule has 2 aromatic rings. The quantitative estimate of drug-likeness (QED) is 0.313. The third-order valence-electron chi connectivity index (χ3n) is 5.24. The minimum Gasteiger partial charge on any atom is -0.379 e. The van der Waals surface area contributed by atoms with Crippen molar-refractivity contribution in [1.82, 2.24) is 15.5 Å². The summed E-state index contributed by atoms with van der Waals surface area (Å²) in [4.78, 5) is 7.20. The Kier molecular flexibility index (Phi) is 11.2. The highest BCUT2D eigenvalue weighted by atomic mass is 127. The molecule has 3 rings (SSSR count). The van der Waals surface area contributed by atoms with Crippen LogP contribution in [0.1, 0.15) is 36.5 Å². The van der Waals surface area contributed by atoms with Gasteiger partial charge in [0.2, 0.25) is 0 Å². The van der Waals surface area contributed by atoms with Crippen LogP contribution in [0.4, 0.5) is 0 Å². The first-order valence-electron chi connectivity index (χ1n) is 10.7. The zero-order valence-corrected chi connectivity index (χ0v) is 20.5. The zero-order valence-electron chi connectivity index (χ0n) is 18.1. The van der Waals surface area contributed by atoms with Gasteiger partial charge in [0.15, 0.2) is 5.96 Å². The van der Waals surface area contributed by atoms with Gasteiger partial charge in [-0.1, -0.05) is 61.5 Å². The molecule has 2 aromatic carbocycles. The van der Waals surface area contributed by atoms with Gasteiger partial charge in [-0.05, 0) is 29.5 Å². The van der Waals surface area contributed by atoms with Gasteiger partial charge in [0.05, 0.1) is 19.8 Å². The average Bonchev–Trinajstić information content (AvgIpc) is 2.78. The second-order valence-electron chi connectivity index (χ2n) is 7.59. The van der Waals surface area contributed by atoms with Crippen molar-refractivity contribution in [2.45, 2.75) is 32.9 Å². The van der Waals surface area contributed by atoms with Crippen LogP contribution in [-0.2, 0) is 17.8 Å². The molecule has 5 nitrogen and oxygen atoms in total. The van der Waals surface area contributed by atoms with Gasteiger partial charge < -0.3 is 15.4 Å². The van der Waals surface area contributed by atoms with Gasteiger partial charge in [0, 0.05) is 32.7 Å². The molecule has 1 fully saturated rings. The summed E-state index contributed by atoms with van der Waals surface area (Å²) in [6.07, 6.45) is 0. The van der Waals surface area contributed by atoms with Crippen molar-refractivity contribution < 1.29 is 4.74 Å². The van der Waals surface area contributed by atoms with Crippen molar-refractivity contribution in [3.63, 3.8) is 0 Å². The van der Waals surface area contributed by atoms with E-state index in [2.05, 4.69) is 84.0 Å². The Morgan fingerprint density at radius 1 is 1.00 bits per heavy atom. The van der Waals surface area contributed by atoms with Crippen LogP contribution in [-0.4, -0.2) is 50.3 Å². The van der Waals surface area contributed by atoms with E-state index in [1.165, 1.54) is 16.7 Å². The van der Waals surface area contributed by atoms with E-state index in [1.807, 2.05) is 0 Å². The van der Waals surface area contributed by atoms with Crippen LogP contribution in [0.15, 0.2) is 59.6 Å². The van der Waals surface area contributed by atoms with Crippen molar-refractivity contribution in [2.24, 2.45) is 4.99 Å². The van der Waals surface area contributed by atoms with Gasteiger partial charge >= 0.3 is 0 Å². The van der Waals surface area contributed by atoms with E-state index in [4.69, 9.17) is 9.73 Å². The summed E-state index contributed by atoms with van der Waals surface area (Å²) in [5.74, 6) is 1.30. The lowest BCUT2D eigenvalue weighted by Gasteiger charge is -2.26. The Balaban J connectivity index is 0.00000320. The summed E-state index contributed by atoms with van der Waals surface area (Å²) < 4.78 is 5.42. The normalized spacial score (nSPS) is 15.9. The maximum absolute atomic E-state index is 5.42. The Labute approximate surface area is 198 Å². The third-order valence-corrected chi connectivity index (χ3v) is 5.24. The first-order chi connectivity index (χ1) is 14.2. The number of benzene rings is 2. The second-order valence-corrected chi connectivity index (χ2v) is 7.59. The molecular formula is C24H35IN4O. The number of ether oxygens (including phenoxy) is 1. The molecule has 1 aliphatic heterocycles. The highest BCUT2D eigenvalue weighted by Gasteiger charge is 2.10. The fourth-order valence-electron chi connectivity index (χ4n) is 3.43. The lowest BCUT2D eigenvalue weighted by molar-refractivity contribution is 0.0342. The molecule has 0 spiro atoms. The summed E-state index contributed by atoms with van der Waals surface area (Å²) in [7, 11) is 0. The molecule has 0 aromatic heterocycles. The fraction of sp³-hybridized carbons (Fsp3) is 0.458. The van der Waals surface area contributed by atoms with E-state index in [-0.39, 0.29) is 24.0 Å².